The summed E-state index contributed by atoms with van der Waals surface area (Å²) < 4.78 is 0. The first kappa shape index (κ1) is 41.2. The Balaban J connectivity index is 1.08. The van der Waals surface area contributed by atoms with Crippen molar-refractivity contribution in [3.05, 3.63) is 294 Å². The maximum Gasteiger partial charge on any atom is 0.0726 e. The van der Waals surface area contributed by atoms with Crippen LogP contribution in [-0.4, -0.2) is 0 Å². The Kier molecular flexibility index (Phi) is 9.22. The molecule has 0 amide bonds. The Bertz CT molecular complexity index is 3800. The van der Waals surface area contributed by atoms with Crippen molar-refractivity contribution in [3.8, 4) is 77.9 Å². The molecule has 71 heavy (non-hydrogen) atoms. The number of hydrogen-bond acceptors (Lipinski definition) is 1. The van der Waals surface area contributed by atoms with Crippen LogP contribution >= 0.6 is 0 Å². The smallest absolute Gasteiger partial charge is 0.0726 e. The lowest BCUT2D eigenvalue weighted by Crippen LogP contribution is -2.27. The van der Waals surface area contributed by atoms with Crippen LogP contribution in [0.2, 0.25) is 0 Å². The van der Waals surface area contributed by atoms with Crippen molar-refractivity contribution in [2.45, 2.75) is 24.7 Å². The zero-order chi connectivity index (χ0) is 47.3. The molecule has 0 saturated carbocycles. The first-order valence-electron chi connectivity index (χ1n) is 24.9. The minimum Gasteiger partial charge on any atom is -0.309 e. The van der Waals surface area contributed by atoms with Crippen LogP contribution in [0.15, 0.2) is 261 Å². The third-order valence-electron chi connectivity index (χ3n) is 15.9. The Morgan fingerprint density at radius 2 is 0.606 bits per heavy atom. The van der Waals surface area contributed by atoms with Crippen molar-refractivity contribution in [1.82, 2.24) is 0 Å². The highest BCUT2D eigenvalue weighted by molar-refractivity contribution is 6.09. The minimum absolute atomic E-state index is 0.281. The van der Waals surface area contributed by atoms with Gasteiger partial charge >= 0.3 is 0 Å². The van der Waals surface area contributed by atoms with Gasteiger partial charge in [0, 0.05) is 27.9 Å². The number of fused-ring (bicyclic) bond motifs is 13. The fourth-order valence-electron chi connectivity index (χ4n) is 12.6. The highest BCUT2D eigenvalue weighted by atomic mass is 15.1. The summed E-state index contributed by atoms with van der Waals surface area (Å²) in [4.78, 5) is 2.59. The first-order chi connectivity index (χ1) is 35.0. The van der Waals surface area contributed by atoms with Crippen LogP contribution in [-0.2, 0) is 10.8 Å². The topological polar surface area (TPSA) is 3.24 Å². The second-order valence-electron chi connectivity index (χ2n) is 19.9. The molecule has 334 valence electrons. The van der Waals surface area contributed by atoms with Crippen LogP contribution in [0, 0.1) is 0 Å². The van der Waals surface area contributed by atoms with E-state index in [1.807, 2.05) is 0 Å². The van der Waals surface area contributed by atoms with Crippen molar-refractivity contribution in [1.29, 1.82) is 0 Å². The molecular weight excluding hydrogens is 855 g/mol. The number of hydrogen-bond donors (Lipinski definition) is 0. The van der Waals surface area contributed by atoms with E-state index in [1.165, 1.54) is 117 Å². The van der Waals surface area contributed by atoms with Crippen LogP contribution in [0.4, 0.5) is 17.1 Å². The van der Waals surface area contributed by atoms with Crippen molar-refractivity contribution >= 4 is 17.1 Å². The van der Waals surface area contributed by atoms with Gasteiger partial charge in [-0.25, -0.2) is 0 Å². The molecule has 3 aliphatic rings. The summed E-state index contributed by atoms with van der Waals surface area (Å²) in [7, 11) is 0. The maximum atomic E-state index is 2.63. The van der Waals surface area contributed by atoms with Crippen LogP contribution in [0.3, 0.4) is 0 Å². The van der Waals surface area contributed by atoms with Gasteiger partial charge in [-0.2, -0.15) is 0 Å². The predicted octanol–water partition coefficient (Wildman–Crippen LogP) is 18.5. The predicted molar refractivity (Wildman–Crippen MR) is 297 cm³/mol. The van der Waals surface area contributed by atoms with Crippen molar-refractivity contribution in [2.24, 2.45) is 0 Å². The maximum absolute atomic E-state index is 2.63. The van der Waals surface area contributed by atoms with E-state index >= 15 is 0 Å². The number of nitrogens with zero attached hydrogens (tertiary/aromatic N) is 1. The molecule has 0 heterocycles. The van der Waals surface area contributed by atoms with E-state index in [0.717, 1.165) is 11.4 Å². The molecule has 0 saturated heterocycles. The zero-order valence-corrected chi connectivity index (χ0v) is 39.8. The molecule has 0 radical (unpaired) electrons. The minimum atomic E-state index is -0.555. The molecule has 0 fully saturated rings. The average molecular weight is 904 g/mol. The molecular formula is C70H49N. The molecule has 0 unspecified atom stereocenters. The molecule has 1 heteroatoms. The third kappa shape index (κ3) is 6.13. The molecule has 3 aliphatic carbocycles. The van der Waals surface area contributed by atoms with Crippen LogP contribution in [0.1, 0.15) is 47.2 Å². The molecule has 1 spiro atoms. The van der Waals surface area contributed by atoms with Gasteiger partial charge in [0.15, 0.2) is 0 Å². The van der Waals surface area contributed by atoms with Gasteiger partial charge in [-0.15, -0.1) is 0 Å². The fourth-order valence-corrected chi connectivity index (χ4v) is 12.6. The van der Waals surface area contributed by atoms with Gasteiger partial charge in [0.1, 0.15) is 0 Å². The van der Waals surface area contributed by atoms with E-state index < -0.39 is 5.41 Å². The number of benzene rings is 11. The summed E-state index contributed by atoms with van der Waals surface area (Å²) in [6, 6.07) is 97.4. The van der Waals surface area contributed by atoms with Crippen LogP contribution < -0.4 is 4.90 Å². The quantitative estimate of drug-likeness (QED) is 0.154. The third-order valence-corrected chi connectivity index (χ3v) is 15.9. The summed E-state index contributed by atoms with van der Waals surface area (Å²) in [5.74, 6) is 0. The number of rotatable bonds is 7. The summed E-state index contributed by atoms with van der Waals surface area (Å²) in [5, 5.41) is 0. The molecule has 1 nitrogen and oxygen atoms in total. The highest BCUT2D eigenvalue weighted by Crippen LogP contribution is 2.68. The van der Waals surface area contributed by atoms with Crippen molar-refractivity contribution < 1.29 is 0 Å². The second-order valence-corrected chi connectivity index (χ2v) is 19.9. The molecule has 0 bridgehead atoms. The van der Waals surface area contributed by atoms with Gasteiger partial charge in [0.05, 0.1) is 11.1 Å². The molecule has 0 N–H and O–H groups in total. The van der Waals surface area contributed by atoms with Crippen molar-refractivity contribution in [2.75, 3.05) is 4.90 Å². The van der Waals surface area contributed by atoms with Gasteiger partial charge in [-0.05, 0) is 130 Å². The lowest BCUT2D eigenvalue weighted by Gasteiger charge is -2.34. The standard InChI is InChI=1S/C70H49N/c1-69(2)60-27-15-14-26-58(60)66-64(69)45-65-67(59-44-53(48-22-10-5-11-23-48)38-43-63(59)70(65)61-28-16-12-24-56(61)57-25-13-17-29-62(57)70)68(66)71(54-39-34-51(35-40-54)47-20-8-4-9-21-47)55-41-36-52(37-42-55)50-32-30-49(31-33-50)46-18-6-3-7-19-46/h3-45H,1-2H3. The monoisotopic (exact) mass is 903 g/mol. The Hall–Kier alpha value is -8.78. The van der Waals surface area contributed by atoms with E-state index in [-0.39, 0.29) is 5.41 Å². The Morgan fingerprint density at radius 1 is 0.254 bits per heavy atom. The first-order valence-corrected chi connectivity index (χ1v) is 24.9. The lowest BCUT2D eigenvalue weighted by molar-refractivity contribution is 0.657. The SMILES string of the molecule is CC1(C)c2ccccc2-c2c1cc1c(c2N(c2ccc(-c3ccccc3)cc2)c2ccc(-c3ccc(-c4ccccc4)cc3)cc2)-c2cc(-c3ccccc3)ccc2C12c1ccccc1-c1ccccc12. The summed E-state index contributed by atoms with van der Waals surface area (Å²) in [5.41, 5.74) is 28.0. The molecule has 11 aromatic carbocycles. The van der Waals surface area contributed by atoms with Crippen LogP contribution in [0.25, 0.3) is 77.9 Å². The number of anilines is 3. The van der Waals surface area contributed by atoms with Gasteiger partial charge in [-0.3, -0.25) is 0 Å². The molecule has 11 aromatic rings. The molecule has 0 atom stereocenters. The van der Waals surface area contributed by atoms with E-state index in [2.05, 4.69) is 280 Å². The van der Waals surface area contributed by atoms with Gasteiger partial charge in [-0.1, -0.05) is 244 Å². The van der Waals surface area contributed by atoms with E-state index in [9.17, 15) is 0 Å². The normalized spacial score (nSPS) is 13.7. The summed E-state index contributed by atoms with van der Waals surface area (Å²) in [6.07, 6.45) is 0. The van der Waals surface area contributed by atoms with Gasteiger partial charge in [0.2, 0.25) is 0 Å². The second kappa shape index (κ2) is 15.9. The van der Waals surface area contributed by atoms with E-state index in [1.54, 1.807) is 0 Å². The van der Waals surface area contributed by atoms with Crippen molar-refractivity contribution in [3.63, 3.8) is 0 Å². The Morgan fingerprint density at radius 3 is 1.10 bits per heavy atom. The fraction of sp³-hybridized carbons (Fsp3) is 0.0571. The summed E-state index contributed by atoms with van der Waals surface area (Å²) >= 11 is 0. The summed E-state index contributed by atoms with van der Waals surface area (Å²) in [6.45, 7) is 4.87. The Labute approximate surface area is 416 Å². The zero-order valence-electron chi connectivity index (χ0n) is 39.8. The molecule has 0 aromatic heterocycles. The van der Waals surface area contributed by atoms with Gasteiger partial charge < -0.3 is 4.90 Å². The largest absolute Gasteiger partial charge is 0.309 e. The van der Waals surface area contributed by atoms with E-state index in [4.69, 9.17) is 0 Å². The highest BCUT2D eigenvalue weighted by Gasteiger charge is 2.54. The molecule has 14 rings (SSSR count). The van der Waals surface area contributed by atoms with E-state index in [0.29, 0.717) is 0 Å². The van der Waals surface area contributed by atoms with Crippen LogP contribution in [0.5, 0.6) is 0 Å². The van der Waals surface area contributed by atoms with Gasteiger partial charge in [0.25, 0.3) is 0 Å². The molecule has 0 aliphatic heterocycles. The average Bonchev–Trinajstić information content (AvgIpc) is 4.00. The lowest BCUT2D eigenvalue weighted by atomic mass is 9.69.